The maximum absolute atomic E-state index is 14.2. The Morgan fingerprint density at radius 3 is 2.65 bits per heavy atom. The van der Waals surface area contributed by atoms with Gasteiger partial charge in [-0.2, -0.15) is 8.78 Å². The van der Waals surface area contributed by atoms with E-state index in [1.807, 2.05) is 30.3 Å². The van der Waals surface area contributed by atoms with E-state index in [2.05, 4.69) is 5.32 Å². The zero-order chi connectivity index (χ0) is 16.9. The number of nitrogens with one attached hydrogen (secondary N) is 1. The molecular weight excluding hydrogens is 304 g/mol. The molecule has 1 N–H and O–H groups in total. The zero-order valence-electron chi connectivity index (χ0n) is 13.3. The number of benzene rings is 1. The Kier molecular flexibility index (Phi) is 5.71. The lowest BCUT2D eigenvalue weighted by atomic mass is 10.1. The molecule has 1 aromatic carbocycles. The third-order valence-corrected chi connectivity index (χ3v) is 3.73. The summed E-state index contributed by atoms with van der Waals surface area (Å²) in [5.41, 5.74) is 0.489. The van der Waals surface area contributed by atoms with Crippen LogP contribution < -0.4 is 5.32 Å². The lowest BCUT2D eigenvalue weighted by molar-refractivity contribution is -0.138. The highest BCUT2D eigenvalue weighted by atomic mass is 19.3. The van der Waals surface area contributed by atoms with E-state index in [0.29, 0.717) is 0 Å². The average molecular weight is 325 g/mol. The van der Waals surface area contributed by atoms with E-state index in [1.165, 1.54) is 7.11 Å². The molecule has 2 rings (SSSR count). The molecule has 1 aliphatic carbocycles. The largest absolute Gasteiger partial charge is 0.463 e. The Morgan fingerprint density at radius 2 is 2.04 bits per heavy atom. The highest BCUT2D eigenvalue weighted by Gasteiger charge is 2.45. The van der Waals surface area contributed by atoms with Crippen molar-refractivity contribution < 1.29 is 23.0 Å². The summed E-state index contributed by atoms with van der Waals surface area (Å²) in [5, 5.41) is 2.82. The summed E-state index contributed by atoms with van der Waals surface area (Å²) in [4.78, 5) is 11.9. The molecule has 0 bridgehead atoms. The predicted molar refractivity (Wildman–Crippen MR) is 82.0 cm³/mol. The molecule has 0 heterocycles. The summed E-state index contributed by atoms with van der Waals surface area (Å²) in [6.45, 7) is 2.01. The van der Waals surface area contributed by atoms with E-state index >= 15 is 0 Å². The van der Waals surface area contributed by atoms with Crippen LogP contribution in [0.25, 0.3) is 0 Å². The Morgan fingerprint density at radius 1 is 1.35 bits per heavy atom. The van der Waals surface area contributed by atoms with E-state index in [0.717, 1.165) is 5.56 Å². The van der Waals surface area contributed by atoms with E-state index in [1.54, 1.807) is 6.92 Å². The van der Waals surface area contributed by atoms with Gasteiger partial charge >= 0.3 is 5.97 Å². The summed E-state index contributed by atoms with van der Waals surface area (Å²) in [5.74, 6) is -3.75. The van der Waals surface area contributed by atoms with Gasteiger partial charge in [-0.15, -0.1) is 0 Å². The second-order valence-electron chi connectivity index (χ2n) is 5.34. The van der Waals surface area contributed by atoms with Crippen molar-refractivity contribution in [3.63, 3.8) is 0 Å². The van der Waals surface area contributed by atoms with Crippen LogP contribution in [0, 0.1) is 0 Å². The van der Waals surface area contributed by atoms with Gasteiger partial charge in [0, 0.05) is 13.5 Å². The molecular formula is C17H21F2NO3. The van der Waals surface area contributed by atoms with Crippen molar-refractivity contribution in [1.82, 2.24) is 5.32 Å². The van der Waals surface area contributed by atoms with Gasteiger partial charge < -0.3 is 14.8 Å². The average Bonchev–Trinajstić information content (AvgIpc) is 2.83. The molecule has 0 saturated carbocycles. The first kappa shape index (κ1) is 17.4. The van der Waals surface area contributed by atoms with Crippen molar-refractivity contribution in [3.05, 3.63) is 47.2 Å². The number of methoxy groups -OCH3 is 1. The maximum Gasteiger partial charge on any atom is 0.335 e. The molecule has 4 nitrogen and oxygen atoms in total. The first-order chi connectivity index (χ1) is 11.0. The van der Waals surface area contributed by atoms with E-state index in [4.69, 9.17) is 9.47 Å². The Hall–Kier alpha value is -1.95. The number of hydrogen-bond donors (Lipinski definition) is 1. The van der Waals surface area contributed by atoms with Gasteiger partial charge in [0.25, 0.3) is 5.92 Å². The topological polar surface area (TPSA) is 47.6 Å². The molecule has 126 valence electrons. The number of ether oxygens (including phenoxy) is 2. The van der Waals surface area contributed by atoms with E-state index in [-0.39, 0.29) is 30.9 Å². The number of hydrogen-bond acceptors (Lipinski definition) is 4. The van der Waals surface area contributed by atoms with Crippen LogP contribution >= 0.6 is 0 Å². The summed E-state index contributed by atoms with van der Waals surface area (Å²) in [6, 6.07) is 8.69. The van der Waals surface area contributed by atoms with Crippen molar-refractivity contribution >= 4 is 5.97 Å². The summed E-state index contributed by atoms with van der Waals surface area (Å²) >= 11 is 0. The smallest absolute Gasteiger partial charge is 0.335 e. The van der Waals surface area contributed by atoms with Gasteiger partial charge in [-0.1, -0.05) is 30.3 Å². The molecule has 6 heteroatoms. The van der Waals surface area contributed by atoms with Crippen LogP contribution in [0.3, 0.4) is 0 Å². The number of esters is 1. The fourth-order valence-corrected chi connectivity index (χ4v) is 2.62. The van der Waals surface area contributed by atoms with E-state index in [9.17, 15) is 13.6 Å². The zero-order valence-corrected chi connectivity index (χ0v) is 13.3. The number of halogens is 2. The predicted octanol–water partition coefficient (Wildman–Crippen LogP) is 3.21. The maximum atomic E-state index is 14.2. The first-order valence-corrected chi connectivity index (χ1v) is 7.58. The normalized spacial score (nSPS) is 17.9. The van der Waals surface area contributed by atoms with Crippen LogP contribution in [0.15, 0.2) is 41.6 Å². The van der Waals surface area contributed by atoms with Gasteiger partial charge in [0.15, 0.2) is 0 Å². The van der Waals surface area contributed by atoms with Crippen LogP contribution in [-0.2, 0) is 14.3 Å². The van der Waals surface area contributed by atoms with Gasteiger partial charge in [0.05, 0.1) is 30.5 Å². The third kappa shape index (κ3) is 4.07. The molecule has 0 radical (unpaired) electrons. The number of allylic oxidation sites excluding steroid dienone is 1. The Balaban J connectivity index is 2.31. The summed E-state index contributed by atoms with van der Waals surface area (Å²) < 4.78 is 38.4. The van der Waals surface area contributed by atoms with Crippen LogP contribution in [0.4, 0.5) is 8.78 Å². The Bertz CT molecular complexity index is 572. The number of alkyl halides is 2. The summed E-state index contributed by atoms with van der Waals surface area (Å²) in [7, 11) is 1.51. The molecule has 23 heavy (non-hydrogen) atoms. The van der Waals surface area contributed by atoms with Crippen molar-refractivity contribution in [2.24, 2.45) is 0 Å². The van der Waals surface area contributed by atoms with Gasteiger partial charge in [0.2, 0.25) is 0 Å². The minimum absolute atomic E-state index is 0.00264. The van der Waals surface area contributed by atoms with Crippen LogP contribution in [0.5, 0.6) is 0 Å². The van der Waals surface area contributed by atoms with Crippen molar-refractivity contribution in [2.45, 2.75) is 31.7 Å². The highest BCUT2D eigenvalue weighted by Crippen LogP contribution is 2.40. The van der Waals surface area contributed by atoms with Crippen LogP contribution in [0.1, 0.15) is 31.4 Å². The van der Waals surface area contributed by atoms with Crippen molar-refractivity contribution in [1.29, 1.82) is 0 Å². The second kappa shape index (κ2) is 7.55. The lowest BCUT2D eigenvalue weighted by Crippen LogP contribution is -2.33. The Labute approximate surface area is 134 Å². The molecule has 0 aromatic heterocycles. The number of carbonyl (C=O) groups excluding carboxylic acids is 1. The van der Waals surface area contributed by atoms with Crippen LogP contribution in [-0.4, -0.2) is 32.2 Å². The molecule has 1 atom stereocenters. The second-order valence-corrected chi connectivity index (χ2v) is 5.34. The third-order valence-electron chi connectivity index (χ3n) is 3.73. The minimum Gasteiger partial charge on any atom is -0.463 e. The standard InChI is InChI=1S/C17H21F2NO3/c1-3-23-16(21)13-9-10-17(18,19)15(13)20-14(11-22-2)12-7-5-4-6-8-12/h4-8,14,20H,3,9-11H2,1-2H3/t14-/m0/s1. The van der Waals surface area contributed by atoms with Gasteiger partial charge in [-0.25, -0.2) is 4.79 Å². The monoisotopic (exact) mass is 325 g/mol. The van der Waals surface area contributed by atoms with E-state index < -0.39 is 24.4 Å². The SMILES string of the molecule is CCOC(=O)C1=C(N[C@@H](COC)c2ccccc2)C(F)(F)CC1. The first-order valence-electron chi connectivity index (χ1n) is 7.58. The quantitative estimate of drug-likeness (QED) is 0.782. The summed E-state index contributed by atoms with van der Waals surface area (Å²) in [6.07, 6.45) is -0.388. The highest BCUT2D eigenvalue weighted by molar-refractivity contribution is 5.90. The molecule has 0 aliphatic heterocycles. The number of rotatable bonds is 7. The van der Waals surface area contributed by atoms with Crippen LogP contribution in [0.2, 0.25) is 0 Å². The molecule has 0 spiro atoms. The molecule has 1 aromatic rings. The molecule has 0 unspecified atom stereocenters. The van der Waals surface area contributed by atoms with Gasteiger partial charge in [-0.05, 0) is 18.9 Å². The van der Waals surface area contributed by atoms with Gasteiger partial charge in [0.1, 0.15) is 0 Å². The number of carbonyl (C=O) groups is 1. The van der Waals surface area contributed by atoms with Crippen molar-refractivity contribution in [2.75, 3.05) is 20.3 Å². The fourth-order valence-electron chi connectivity index (χ4n) is 2.62. The molecule has 0 saturated heterocycles. The minimum atomic E-state index is -3.07. The fraction of sp³-hybridized carbons (Fsp3) is 0.471. The lowest BCUT2D eigenvalue weighted by Gasteiger charge is -2.24. The van der Waals surface area contributed by atoms with Gasteiger partial charge in [-0.3, -0.25) is 0 Å². The van der Waals surface area contributed by atoms with Crippen molar-refractivity contribution in [3.8, 4) is 0 Å². The molecule has 0 fully saturated rings. The molecule has 1 aliphatic rings. The molecule has 0 amide bonds.